The number of carbonyl (C=O) groups is 1. The second kappa shape index (κ2) is 8.59. The molecule has 0 saturated heterocycles. The van der Waals surface area contributed by atoms with Gasteiger partial charge in [-0.15, -0.1) is 0 Å². The van der Waals surface area contributed by atoms with E-state index in [0.717, 1.165) is 24.3 Å². The van der Waals surface area contributed by atoms with Crippen molar-refractivity contribution in [2.45, 2.75) is 12.3 Å². The molecule has 3 N–H and O–H groups in total. The summed E-state index contributed by atoms with van der Waals surface area (Å²) in [6, 6.07) is 3.53. The second-order valence-electron chi connectivity index (χ2n) is 6.03. The number of nitrogens with zero attached hydrogens (tertiary/aromatic N) is 2. The number of alkyl halides is 3. The van der Waals surface area contributed by atoms with Crippen LogP contribution in [0.25, 0.3) is 11.4 Å². The second-order valence-corrected chi connectivity index (χ2v) is 6.75. The number of amides is 1. The lowest BCUT2D eigenvalue weighted by Gasteiger charge is -2.11. The highest BCUT2D eigenvalue weighted by molar-refractivity contribution is 9.10. The largest absolute Gasteiger partial charge is 0.487 e. The Bertz CT molecular complexity index is 1120. The van der Waals surface area contributed by atoms with Crippen LogP contribution in [0.1, 0.15) is 27.9 Å². The molecule has 7 nitrogen and oxygen atoms in total. The quantitative estimate of drug-likeness (QED) is 0.487. The average Bonchev–Trinajstić information content (AvgIpc) is 3.08. The molecule has 1 aromatic carbocycles. The van der Waals surface area contributed by atoms with Crippen LogP contribution in [-0.4, -0.2) is 27.6 Å². The van der Waals surface area contributed by atoms with Crippen molar-refractivity contribution < 1.29 is 41.0 Å². The first-order chi connectivity index (χ1) is 14.5. The van der Waals surface area contributed by atoms with E-state index in [9.17, 15) is 31.9 Å². The van der Waals surface area contributed by atoms with Gasteiger partial charge in [0.2, 0.25) is 5.89 Å². The minimum atomic E-state index is -4.56. The molecule has 2 aromatic heterocycles. The van der Waals surface area contributed by atoms with E-state index in [1.165, 1.54) is 0 Å². The third-order valence-corrected chi connectivity index (χ3v) is 4.46. The van der Waals surface area contributed by atoms with Gasteiger partial charge in [0.15, 0.2) is 22.3 Å². The van der Waals surface area contributed by atoms with Crippen molar-refractivity contribution in [1.29, 1.82) is 0 Å². The Morgan fingerprint density at radius 2 is 1.97 bits per heavy atom. The Labute approximate surface area is 178 Å². The zero-order valence-electron chi connectivity index (χ0n) is 15.1. The number of aliphatic hydroxyl groups excluding tert-OH is 1. The lowest BCUT2D eigenvalue weighted by Crippen LogP contribution is -2.17. The Hall–Kier alpha value is -3.06. The smallest absolute Gasteiger partial charge is 0.417 e. The van der Waals surface area contributed by atoms with Crippen LogP contribution < -0.4 is 10.5 Å². The molecule has 3 rings (SSSR count). The predicted molar refractivity (Wildman–Crippen MR) is 97.8 cm³/mol. The van der Waals surface area contributed by atoms with Crippen molar-refractivity contribution in [2.75, 3.05) is 6.61 Å². The standard InChI is InChI=1S/C18H11BrF5N3O4/c19-15-14(9-3-1-7(5-26-9)18(22,23)24)27-17(31-15)10(28)6-30-11-4-2-8(20)12(13(11)21)16(25)29/h1-5,10,28H,6H2,(H2,25,29). The Kier molecular flexibility index (Phi) is 6.27. The van der Waals surface area contributed by atoms with Gasteiger partial charge in [-0.1, -0.05) is 0 Å². The molecule has 13 heteroatoms. The molecule has 0 aliphatic heterocycles. The summed E-state index contributed by atoms with van der Waals surface area (Å²) >= 11 is 3.02. The zero-order chi connectivity index (χ0) is 22.9. The van der Waals surface area contributed by atoms with Gasteiger partial charge in [-0.05, 0) is 40.2 Å². The number of aromatic nitrogens is 2. The van der Waals surface area contributed by atoms with E-state index < -0.39 is 53.3 Å². The van der Waals surface area contributed by atoms with Crippen molar-refractivity contribution in [3.05, 3.63) is 63.8 Å². The molecule has 3 aromatic rings. The molecule has 0 fully saturated rings. The summed E-state index contributed by atoms with van der Waals surface area (Å²) in [6.07, 6.45) is -5.50. The number of nitrogens with two attached hydrogens (primary N) is 1. The van der Waals surface area contributed by atoms with Gasteiger partial charge >= 0.3 is 6.18 Å². The molecule has 0 bridgehead atoms. The number of hydrogen-bond donors (Lipinski definition) is 2. The van der Waals surface area contributed by atoms with E-state index in [2.05, 4.69) is 25.9 Å². The van der Waals surface area contributed by atoms with Crippen molar-refractivity contribution >= 4 is 21.8 Å². The summed E-state index contributed by atoms with van der Waals surface area (Å²) in [5, 5.41) is 10.2. The first kappa shape index (κ1) is 22.6. The van der Waals surface area contributed by atoms with Crippen molar-refractivity contribution in [3.8, 4) is 17.1 Å². The van der Waals surface area contributed by atoms with Crippen LogP contribution in [0.5, 0.6) is 5.75 Å². The van der Waals surface area contributed by atoms with Gasteiger partial charge in [0.1, 0.15) is 23.7 Å². The van der Waals surface area contributed by atoms with Gasteiger partial charge in [0, 0.05) is 6.20 Å². The van der Waals surface area contributed by atoms with Crippen LogP contribution in [0.15, 0.2) is 39.5 Å². The average molecular weight is 508 g/mol. The third kappa shape index (κ3) is 4.82. The van der Waals surface area contributed by atoms with E-state index in [0.29, 0.717) is 6.20 Å². The zero-order valence-corrected chi connectivity index (χ0v) is 16.7. The maximum Gasteiger partial charge on any atom is 0.417 e. The van der Waals surface area contributed by atoms with Crippen LogP contribution in [0.3, 0.4) is 0 Å². The molecule has 1 amide bonds. The maximum atomic E-state index is 14.2. The summed E-state index contributed by atoms with van der Waals surface area (Å²) in [4.78, 5) is 18.8. The molecule has 164 valence electrons. The number of ether oxygens (including phenoxy) is 1. The monoisotopic (exact) mass is 507 g/mol. The number of rotatable bonds is 6. The summed E-state index contributed by atoms with van der Waals surface area (Å²) in [7, 11) is 0. The first-order valence-corrected chi connectivity index (χ1v) is 9.06. The number of carbonyl (C=O) groups excluding carboxylic acids is 1. The fraction of sp³-hybridized carbons (Fsp3) is 0.167. The molecule has 0 radical (unpaired) electrons. The predicted octanol–water partition coefficient (Wildman–Crippen LogP) is 4.01. The molecule has 0 saturated carbocycles. The fourth-order valence-electron chi connectivity index (χ4n) is 2.43. The van der Waals surface area contributed by atoms with E-state index in [4.69, 9.17) is 14.9 Å². The van der Waals surface area contributed by atoms with Gasteiger partial charge in [0.25, 0.3) is 5.91 Å². The van der Waals surface area contributed by atoms with Crippen molar-refractivity contribution in [3.63, 3.8) is 0 Å². The number of halogens is 6. The van der Waals surface area contributed by atoms with Crippen molar-refractivity contribution in [2.24, 2.45) is 5.73 Å². The molecule has 31 heavy (non-hydrogen) atoms. The lowest BCUT2D eigenvalue weighted by molar-refractivity contribution is -0.137. The number of aliphatic hydroxyl groups is 1. The van der Waals surface area contributed by atoms with Gasteiger partial charge in [-0.3, -0.25) is 9.78 Å². The van der Waals surface area contributed by atoms with Crippen LogP contribution >= 0.6 is 15.9 Å². The highest BCUT2D eigenvalue weighted by atomic mass is 79.9. The molecule has 2 heterocycles. The van der Waals surface area contributed by atoms with Crippen LogP contribution in [-0.2, 0) is 6.18 Å². The van der Waals surface area contributed by atoms with E-state index >= 15 is 0 Å². The summed E-state index contributed by atoms with van der Waals surface area (Å²) in [6.45, 7) is -0.617. The molecule has 0 aliphatic carbocycles. The van der Waals surface area contributed by atoms with E-state index in [1.54, 1.807) is 0 Å². The Balaban J connectivity index is 1.77. The maximum absolute atomic E-state index is 14.2. The normalized spacial score (nSPS) is 12.6. The first-order valence-electron chi connectivity index (χ1n) is 8.27. The molecule has 1 atom stereocenters. The summed E-state index contributed by atoms with van der Waals surface area (Å²) in [5.41, 5.74) is 2.99. The van der Waals surface area contributed by atoms with Gasteiger partial charge in [-0.25, -0.2) is 13.8 Å². The lowest BCUT2D eigenvalue weighted by atomic mass is 10.1. The van der Waals surface area contributed by atoms with E-state index in [1.807, 2.05) is 0 Å². The molecule has 0 spiro atoms. The minimum absolute atomic E-state index is 0.00625. The number of primary amides is 1. The Morgan fingerprint density at radius 1 is 1.26 bits per heavy atom. The van der Waals surface area contributed by atoms with Crippen LogP contribution in [0, 0.1) is 11.6 Å². The summed E-state index contributed by atoms with van der Waals surface area (Å²) < 4.78 is 75.9. The Morgan fingerprint density at radius 3 is 2.55 bits per heavy atom. The van der Waals surface area contributed by atoms with E-state index in [-0.39, 0.29) is 21.9 Å². The number of oxazole rings is 1. The molecular weight excluding hydrogens is 497 g/mol. The summed E-state index contributed by atoms with van der Waals surface area (Å²) in [5.74, 6) is -4.73. The number of pyridine rings is 1. The minimum Gasteiger partial charge on any atom is -0.487 e. The molecule has 1 unspecified atom stereocenters. The number of hydrogen-bond acceptors (Lipinski definition) is 6. The SMILES string of the molecule is NC(=O)c1c(F)ccc(OCC(O)c2nc(-c3ccc(C(F)(F)F)cn3)c(Br)o2)c1F. The van der Waals surface area contributed by atoms with Gasteiger partial charge < -0.3 is 20.0 Å². The number of benzene rings is 1. The molecule has 0 aliphatic rings. The highest BCUT2D eigenvalue weighted by Crippen LogP contribution is 2.33. The molecular formula is C18H11BrF5N3O4. The van der Waals surface area contributed by atoms with Crippen LogP contribution in [0.2, 0.25) is 0 Å². The topological polar surface area (TPSA) is 111 Å². The third-order valence-electron chi connectivity index (χ3n) is 3.92. The van der Waals surface area contributed by atoms with Gasteiger partial charge in [-0.2, -0.15) is 13.2 Å². The fourth-order valence-corrected chi connectivity index (χ4v) is 2.89. The highest BCUT2D eigenvalue weighted by Gasteiger charge is 2.31. The van der Waals surface area contributed by atoms with Crippen molar-refractivity contribution in [1.82, 2.24) is 9.97 Å². The van der Waals surface area contributed by atoms with Gasteiger partial charge in [0.05, 0.1) is 11.3 Å². The van der Waals surface area contributed by atoms with Crippen LogP contribution in [0.4, 0.5) is 22.0 Å².